The fraction of sp³-hybridized carbons (Fsp3) is 0.278. The van der Waals surface area contributed by atoms with E-state index in [9.17, 15) is 4.79 Å². The van der Waals surface area contributed by atoms with E-state index in [0.717, 1.165) is 11.3 Å². The molecule has 0 fully saturated rings. The van der Waals surface area contributed by atoms with Gasteiger partial charge in [0.1, 0.15) is 5.76 Å². The van der Waals surface area contributed by atoms with Crippen LogP contribution in [0, 0.1) is 6.92 Å². The Bertz CT molecular complexity index is 630. The maximum absolute atomic E-state index is 12.0. The van der Waals surface area contributed by atoms with Gasteiger partial charge in [-0.1, -0.05) is 29.8 Å². The summed E-state index contributed by atoms with van der Waals surface area (Å²) in [6, 6.07) is 11.8. The maximum Gasteiger partial charge on any atom is 0.244 e. The molecule has 0 saturated carbocycles. The minimum atomic E-state index is -0.111. The molecule has 1 aromatic carbocycles. The van der Waals surface area contributed by atoms with Crippen LogP contribution in [-0.4, -0.2) is 31.4 Å². The third-order valence-corrected chi connectivity index (χ3v) is 3.43. The molecule has 1 atom stereocenters. The fourth-order valence-corrected chi connectivity index (χ4v) is 2.22. The lowest BCUT2D eigenvalue weighted by Crippen LogP contribution is -2.33. The number of likely N-dealkylation sites (N-methyl/N-ethyl adjacent to an activating group) is 1. The van der Waals surface area contributed by atoms with Crippen LogP contribution in [0.4, 0.5) is 0 Å². The molecule has 2 aromatic rings. The van der Waals surface area contributed by atoms with Crippen molar-refractivity contribution in [3.8, 4) is 0 Å². The Kier molecular flexibility index (Phi) is 5.55. The summed E-state index contributed by atoms with van der Waals surface area (Å²) in [7, 11) is 3.92. The van der Waals surface area contributed by atoms with Crippen molar-refractivity contribution in [3.05, 3.63) is 65.6 Å². The van der Waals surface area contributed by atoms with Crippen LogP contribution in [0.1, 0.15) is 22.9 Å². The van der Waals surface area contributed by atoms with E-state index < -0.39 is 0 Å². The molecule has 0 aliphatic carbocycles. The van der Waals surface area contributed by atoms with Crippen LogP contribution in [0.5, 0.6) is 0 Å². The summed E-state index contributed by atoms with van der Waals surface area (Å²) in [6.45, 7) is 2.53. The van der Waals surface area contributed by atoms with Crippen LogP contribution < -0.4 is 5.32 Å². The standard InChI is InChI=1S/C18H22N2O2/c1-14-6-4-7-15(12-14)9-10-18(21)19-13-16(20(2)3)17-8-5-11-22-17/h4-12,16H,13H2,1-3H3,(H,19,21)/b10-9+. The molecule has 0 saturated heterocycles. The van der Waals surface area contributed by atoms with Gasteiger partial charge in [0.2, 0.25) is 5.91 Å². The SMILES string of the molecule is Cc1cccc(/C=C/C(=O)NCC(c2ccco2)N(C)C)c1. The quantitative estimate of drug-likeness (QED) is 0.834. The number of furan rings is 1. The number of hydrogen-bond donors (Lipinski definition) is 1. The number of benzene rings is 1. The van der Waals surface area contributed by atoms with E-state index in [1.807, 2.05) is 68.4 Å². The van der Waals surface area contributed by atoms with Gasteiger partial charge in [0.25, 0.3) is 0 Å². The largest absolute Gasteiger partial charge is 0.468 e. The van der Waals surface area contributed by atoms with E-state index in [2.05, 4.69) is 5.32 Å². The highest BCUT2D eigenvalue weighted by Gasteiger charge is 2.17. The van der Waals surface area contributed by atoms with Crippen molar-refractivity contribution < 1.29 is 9.21 Å². The van der Waals surface area contributed by atoms with Crippen molar-refractivity contribution in [1.29, 1.82) is 0 Å². The van der Waals surface area contributed by atoms with Gasteiger partial charge in [-0.15, -0.1) is 0 Å². The summed E-state index contributed by atoms with van der Waals surface area (Å²) in [6.07, 6.45) is 5.02. The number of hydrogen-bond acceptors (Lipinski definition) is 3. The molecule has 1 N–H and O–H groups in total. The minimum Gasteiger partial charge on any atom is -0.468 e. The van der Waals surface area contributed by atoms with Gasteiger partial charge >= 0.3 is 0 Å². The number of amides is 1. The maximum atomic E-state index is 12.0. The van der Waals surface area contributed by atoms with Crippen molar-refractivity contribution in [2.75, 3.05) is 20.6 Å². The molecular weight excluding hydrogens is 276 g/mol. The van der Waals surface area contributed by atoms with E-state index in [1.54, 1.807) is 12.3 Å². The van der Waals surface area contributed by atoms with E-state index in [-0.39, 0.29) is 11.9 Å². The Balaban J connectivity index is 1.91. The number of carbonyl (C=O) groups is 1. The first kappa shape index (κ1) is 16.0. The molecule has 0 bridgehead atoms. The average molecular weight is 298 g/mol. The monoisotopic (exact) mass is 298 g/mol. The Morgan fingerprint density at radius 2 is 2.14 bits per heavy atom. The summed E-state index contributed by atoms with van der Waals surface area (Å²) >= 11 is 0. The van der Waals surface area contributed by atoms with Crippen molar-refractivity contribution in [3.63, 3.8) is 0 Å². The van der Waals surface area contributed by atoms with E-state index in [0.29, 0.717) is 6.54 Å². The molecular formula is C18H22N2O2. The zero-order valence-corrected chi connectivity index (χ0v) is 13.2. The molecule has 4 heteroatoms. The van der Waals surface area contributed by atoms with Gasteiger partial charge in [0.15, 0.2) is 0 Å². The number of carbonyl (C=O) groups excluding carboxylic acids is 1. The summed E-state index contributed by atoms with van der Waals surface area (Å²) < 4.78 is 5.42. The van der Waals surface area contributed by atoms with Gasteiger partial charge in [0.05, 0.1) is 12.3 Å². The van der Waals surface area contributed by atoms with Gasteiger partial charge in [-0.05, 0) is 44.8 Å². The molecule has 22 heavy (non-hydrogen) atoms. The van der Waals surface area contributed by atoms with E-state index >= 15 is 0 Å². The van der Waals surface area contributed by atoms with Crippen molar-refractivity contribution in [2.24, 2.45) is 0 Å². The van der Waals surface area contributed by atoms with Crippen LogP contribution in [0.15, 0.2) is 53.2 Å². The highest BCUT2D eigenvalue weighted by molar-refractivity contribution is 5.91. The first-order chi connectivity index (χ1) is 10.6. The summed E-state index contributed by atoms with van der Waals surface area (Å²) in [5.41, 5.74) is 2.19. The van der Waals surface area contributed by atoms with E-state index in [1.165, 1.54) is 5.56 Å². The topological polar surface area (TPSA) is 45.5 Å². The van der Waals surface area contributed by atoms with Crippen LogP contribution in [0.25, 0.3) is 6.08 Å². The zero-order valence-electron chi connectivity index (χ0n) is 13.2. The Labute approximate surface area is 131 Å². The average Bonchev–Trinajstić information content (AvgIpc) is 2.99. The van der Waals surface area contributed by atoms with E-state index in [4.69, 9.17) is 4.42 Å². The number of rotatable bonds is 6. The van der Waals surface area contributed by atoms with Gasteiger partial charge < -0.3 is 9.73 Å². The first-order valence-electron chi connectivity index (χ1n) is 7.28. The molecule has 1 unspecified atom stereocenters. The molecule has 0 aliphatic rings. The zero-order chi connectivity index (χ0) is 15.9. The van der Waals surface area contributed by atoms with Crippen LogP contribution in [0.3, 0.4) is 0 Å². The molecule has 116 valence electrons. The normalized spacial score (nSPS) is 12.7. The third kappa shape index (κ3) is 4.60. The fourth-order valence-electron chi connectivity index (χ4n) is 2.22. The van der Waals surface area contributed by atoms with Gasteiger partial charge in [-0.3, -0.25) is 9.69 Å². The van der Waals surface area contributed by atoms with Crippen molar-refractivity contribution in [2.45, 2.75) is 13.0 Å². The molecule has 2 rings (SSSR count). The molecule has 4 nitrogen and oxygen atoms in total. The second-order valence-corrected chi connectivity index (χ2v) is 5.49. The Morgan fingerprint density at radius 1 is 1.32 bits per heavy atom. The summed E-state index contributed by atoms with van der Waals surface area (Å²) in [5, 5.41) is 2.91. The van der Waals surface area contributed by atoms with Gasteiger partial charge in [0, 0.05) is 12.6 Å². The Hall–Kier alpha value is -2.33. The summed E-state index contributed by atoms with van der Waals surface area (Å²) in [5.74, 6) is 0.730. The smallest absolute Gasteiger partial charge is 0.244 e. The van der Waals surface area contributed by atoms with Gasteiger partial charge in [-0.2, -0.15) is 0 Å². The second-order valence-electron chi connectivity index (χ2n) is 5.49. The lowest BCUT2D eigenvalue weighted by atomic mass is 10.1. The molecule has 0 radical (unpaired) electrons. The number of aryl methyl sites for hydroxylation is 1. The lowest BCUT2D eigenvalue weighted by Gasteiger charge is -2.22. The Morgan fingerprint density at radius 3 is 2.77 bits per heavy atom. The molecule has 0 spiro atoms. The predicted octanol–water partition coefficient (Wildman–Crippen LogP) is 3.02. The molecule has 0 aliphatic heterocycles. The number of nitrogens with one attached hydrogen (secondary N) is 1. The van der Waals surface area contributed by atoms with Crippen LogP contribution in [-0.2, 0) is 4.79 Å². The highest BCUT2D eigenvalue weighted by atomic mass is 16.3. The van der Waals surface area contributed by atoms with Crippen LogP contribution >= 0.6 is 0 Å². The third-order valence-electron chi connectivity index (χ3n) is 3.43. The molecule has 1 heterocycles. The molecule has 1 amide bonds. The van der Waals surface area contributed by atoms with Crippen LogP contribution in [0.2, 0.25) is 0 Å². The first-order valence-corrected chi connectivity index (χ1v) is 7.28. The number of nitrogens with zero attached hydrogens (tertiary/aromatic N) is 1. The summed E-state index contributed by atoms with van der Waals surface area (Å²) in [4.78, 5) is 14.0. The minimum absolute atomic E-state index is 0.0197. The molecule has 1 aromatic heterocycles. The lowest BCUT2D eigenvalue weighted by molar-refractivity contribution is -0.116. The van der Waals surface area contributed by atoms with Gasteiger partial charge in [-0.25, -0.2) is 0 Å². The van der Waals surface area contributed by atoms with Crippen molar-refractivity contribution >= 4 is 12.0 Å². The predicted molar refractivity (Wildman–Crippen MR) is 88.4 cm³/mol. The highest BCUT2D eigenvalue weighted by Crippen LogP contribution is 2.17. The van der Waals surface area contributed by atoms with Crippen molar-refractivity contribution in [1.82, 2.24) is 10.2 Å². The second kappa shape index (κ2) is 7.61.